The van der Waals surface area contributed by atoms with Gasteiger partial charge >= 0.3 is 0 Å². The number of hydrogen-bond acceptors (Lipinski definition) is 2. The summed E-state index contributed by atoms with van der Waals surface area (Å²) in [6, 6.07) is 10.6. The molecule has 0 fully saturated rings. The molecule has 1 unspecified atom stereocenters. The molecule has 1 atom stereocenters. The zero-order valence-corrected chi connectivity index (χ0v) is 12.9. The van der Waals surface area contributed by atoms with E-state index in [-0.39, 0.29) is 6.04 Å². The maximum absolute atomic E-state index is 5.51. The van der Waals surface area contributed by atoms with Gasteiger partial charge in [-0.3, -0.25) is 4.99 Å². The second-order valence-electron chi connectivity index (χ2n) is 4.74. The van der Waals surface area contributed by atoms with E-state index in [4.69, 9.17) is 4.74 Å². The average Bonchev–Trinajstić information content (AvgIpc) is 2.50. The molecule has 0 aliphatic heterocycles. The fourth-order valence-electron chi connectivity index (χ4n) is 1.81. The molecule has 0 aromatic heterocycles. The third kappa shape index (κ3) is 6.57. The Morgan fingerprint density at radius 2 is 2.00 bits per heavy atom. The van der Waals surface area contributed by atoms with E-state index in [1.807, 2.05) is 18.2 Å². The van der Waals surface area contributed by atoms with Gasteiger partial charge in [-0.1, -0.05) is 43.7 Å². The van der Waals surface area contributed by atoms with Gasteiger partial charge in [0.2, 0.25) is 0 Å². The summed E-state index contributed by atoms with van der Waals surface area (Å²) in [4.78, 5) is 4.23. The van der Waals surface area contributed by atoms with Crippen LogP contribution >= 0.6 is 0 Å². The Morgan fingerprint density at radius 1 is 1.25 bits per heavy atom. The van der Waals surface area contributed by atoms with Crippen molar-refractivity contribution in [3.05, 3.63) is 35.9 Å². The van der Waals surface area contributed by atoms with Crippen LogP contribution in [0.5, 0.6) is 0 Å². The van der Waals surface area contributed by atoms with Crippen molar-refractivity contribution >= 4 is 5.96 Å². The van der Waals surface area contributed by atoms with Crippen LogP contribution in [-0.2, 0) is 4.74 Å². The minimum Gasteiger partial charge on any atom is -0.380 e. The van der Waals surface area contributed by atoms with Gasteiger partial charge in [0.25, 0.3) is 0 Å². The molecule has 2 N–H and O–H groups in total. The Balaban J connectivity index is 2.26. The maximum atomic E-state index is 5.51. The molecule has 0 aliphatic rings. The fraction of sp³-hybridized carbons (Fsp3) is 0.562. The fourth-order valence-corrected chi connectivity index (χ4v) is 1.81. The van der Waals surface area contributed by atoms with E-state index in [9.17, 15) is 0 Å². The quantitative estimate of drug-likeness (QED) is 0.436. The lowest BCUT2D eigenvalue weighted by molar-refractivity contribution is 0.136. The molecule has 1 aromatic rings. The van der Waals surface area contributed by atoms with Crippen molar-refractivity contribution in [1.82, 2.24) is 10.6 Å². The Morgan fingerprint density at radius 3 is 2.65 bits per heavy atom. The zero-order chi connectivity index (χ0) is 14.6. The predicted octanol–water partition coefficient (Wildman–Crippen LogP) is 2.73. The highest BCUT2D eigenvalue weighted by Gasteiger charge is 2.06. The summed E-state index contributed by atoms with van der Waals surface area (Å²) < 4.78 is 5.51. The monoisotopic (exact) mass is 277 g/mol. The lowest BCUT2D eigenvalue weighted by atomic mass is 10.1. The number of unbranched alkanes of at least 4 members (excludes halogenated alkanes) is 1. The maximum Gasteiger partial charge on any atom is 0.191 e. The predicted molar refractivity (Wildman–Crippen MR) is 85.1 cm³/mol. The number of nitrogens with one attached hydrogen (secondary N) is 2. The van der Waals surface area contributed by atoms with E-state index in [1.165, 1.54) is 12.0 Å². The van der Waals surface area contributed by atoms with Crippen LogP contribution < -0.4 is 10.6 Å². The van der Waals surface area contributed by atoms with Gasteiger partial charge in [0.05, 0.1) is 12.6 Å². The van der Waals surface area contributed by atoms with Gasteiger partial charge in [-0.05, 0) is 18.9 Å². The molecule has 4 heteroatoms. The van der Waals surface area contributed by atoms with E-state index in [0.717, 1.165) is 25.5 Å². The molecule has 0 bridgehead atoms. The van der Waals surface area contributed by atoms with Gasteiger partial charge in [-0.15, -0.1) is 0 Å². The molecule has 20 heavy (non-hydrogen) atoms. The molecule has 0 saturated heterocycles. The summed E-state index contributed by atoms with van der Waals surface area (Å²) >= 11 is 0. The SMILES string of the molecule is CCCCOCCNC(=NC)NC(C)c1ccccc1. The van der Waals surface area contributed by atoms with E-state index in [0.29, 0.717) is 6.61 Å². The average molecular weight is 277 g/mol. The van der Waals surface area contributed by atoms with E-state index in [1.54, 1.807) is 7.05 Å². The van der Waals surface area contributed by atoms with Crippen LogP contribution in [0.1, 0.15) is 38.3 Å². The minimum atomic E-state index is 0.225. The van der Waals surface area contributed by atoms with Crippen LogP contribution in [-0.4, -0.2) is 32.8 Å². The third-order valence-electron chi connectivity index (χ3n) is 3.06. The van der Waals surface area contributed by atoms with Crippen LogP contribution in [0.25, 0.3) is 0 Å². The molecule has 0 saturated carbocycles. The first kappa shape index (κ1) is 16.5. The van der Waals surface area contributed by atoms with Gasteiger partial charge in [-0.25, -0.2) is 0 Å². The number of nitrogens with zero attached hydrogens (tertiary/aromatic N) is 1. The van der Waals surface area contributed by atoms with E-state index >= 15 is 0 Å². The molecule has 1 rings (SSSR count). The summed E-state index contributed by atoms with van der Waals surface area (Å²) in [6.45, 7) is 6.61. The van der Waals surface area contributed by atoms with Gasteiger partial charge < -0.3 is 15.4 Å². The number of benzene rings is 1. The van der Waals surface area contributed by atoms with Crippen molar-refractivity contribution in [1.29, 1.82) is 0 Å². The molecule has 1 aromatic carbocycles. The standard InChI is InChI=1S/C16H27N3O/c1-4-5-12-20-13-11-18-16(17-3)19-14(2)15-9-7-6-8-10-15/h6-10,14H,4-5,11-13H2,1-3H3,(H2,17,18,19). The van der Waals surface area contributed by atoms with Crippen LogP contribution in [0, 0.1) is 0 Å². The van der Waals surface area contributed by atoms with Crippen LogP contribution in [0.15, 0.2) is 35.3 Å². The Kier molecular flexibility index (Phi) is 8.47. The second kappa shape index (κ2) is 10.3. The van der Waals surface area contributed by atoms with Gasteiger partial charge in [-0.2, -0.15) is 0 Å². The highest BCUT2D eigenvalue weighted by Crippen LogP contribution is 2.10. The number of aliphatic imine (C=N–C) groups is 1. The van der Waals surface area contributed by atoms with Gasteiger partial charge in [0, 0.05) is 20.2 Å². The summed E-state index contributed by atoms with van der Waals surface area (Å²) in [5.41, 5.74) is 1.25. The number of rotatable bonds is 8. The Labute approximate surface area is 122 Å². The summed E-state index contributed by atoms with van der Waals surface area (Å²) in [5, 5.41) is 6.63. The van der Waals surface area contributed by atoms with Gasteiger partial charge in [0.15, 0.2) is 5.96 Å². The topological polar surface area (TPSA) is 45.6 Å². The summed E-state index contributed by atoms with van der Waals surface area (Å²) in [5.74, 6) is 0.806. The normalized spacial score (nSPS) is 13.1. The van der Waals surface area contributed by atoms with Crippen molar-refractivity contribution < 1.29 is 4.74 Å². The molecule has 0 radical (unpaired) electrons. The first-order chi connectivity index (χ1) is 9.77. The van der Waals surface area contributed by atoms with Gasteiger partial charge in [0.1, 0.15) is 0 Å². The van der Waals surface area contributed by atoms with E-state index < -0.39 is 0 Å². The molecular weight excluding hydrogens is 250 g/mol. The smallest absolute Gasteiger partial charge is 0.191 e. The van der Waals surface area contributed by atoms with Crippen molar-refractivity contribution in [3.63, 3.8) is 0 Å². The van der Waals surface area contributed by atoms with Crippen LogP contribution in [0.4, 0.5) is 0 Å². The molecule has 0 heterocycles. The van der Waals surface area contributed by atoms with Crippen LogP contribution in [0.3, 0.4) is 0 Å². The lowest BCUT2D eigenvalue weighted by Gasteiger charge is -2.18. The number of ether oxygens (including phenoxy) is 1. The second-order valence-corrected chi connectivity index (χ2v) is 4.74. The molecule has 4 nitrogen and oxygen atoms in total. The summed E-state index contributed by atoms with van der Waals surface area (Å²) in [7, 11) is 1.78. The minimum absolute atomic E-state index is 0.225. The largest absolute Gasteiger partial charge is 0.380 e. The van der Waals surface area contributed by atoms with Crippen molar-refractivity contribution in [2.24, 2.45) is 4.99 Å². The molecule has 0 spiro atoms. The van der Waals surface area contributed by atoms with E-state index in [2.05, 4.69) is 41.6 Å². The van der Waals surface area contributed by atoms with Crippen molar-refractivity contribution in [2.45, 2.75) is 32.7 Å². The molecule has 0 amide bonds. The first-order valence-corrected chi connectivity index (χ1v) is 7.37. The molecule has 112 valence electrons. The molecule has 0 aliphatic carbocycles. The zero-order valence-electron chi connectivity index (χ0n) is 12.9. The third-order valence-corrected chi connectivity index (χ3v) is 3.06. The van der Waals surface area contributed by atoms with Crippen molar-refractivity contribution in [3.8, 4) is 0 Å². The molecular formula is C16H27N3O. The number of hydrogen-bond donors (Lipinski definition) is 2. The van der Waals surface area contributed by atoms with Crippen molar-refractivity contribution in [2.75, 3.05) is 26.8 Å². The highest BCUT2D eigenvalue weighted by molar-refractivity contribution is 5.80. The first-order valence-electron chi connectivity index (χ1n) is 7.37. The Bertz CT molecular complexity index is 379. The number of guanidine groups is 1. The summed E-state index contributed by atoms with van der Waals surface area (Å²) in [6.07, 6.45) is 2.29. The Hall–Kier alpha value is -1.55. The van der Waals surface area contributed by atoms with Crippen LogP contribution in [0.2, 0.25) is 0 Å². The highest BCUT2D eigenvalue weighted by atomic mass is 16.5. The lowest BCUT2D eigenvalue weighted by Crippen LogP contribution is -2.40.